The number of carbonyl (C=O) groups is 1. The van der Waals surface area contributed by atoms with E-state index in [2.05, 4.69) is 0 Å². The van der Waals surface area contributed by atoms with E-state index in [9.17, 15) is 14.9 Å². The van der Waals surface area contributed by atoms with Crippen LogP contribution in [0.5, 0.6) is 0 Å². The third kappa shape index (κ3) is 1.75. The Morgan fingerprint density at radius 2 is 2.05 bits per heavy atom. The lowest BCUT2D eigenvalue weighted by atomic mass is 10.0. The number of fused-ring (bicyclic) bond motifs is 3. The van der Waals surface area contributed by atoms with Crippen LogP contribution >= 0.6 is 0 Å². The number of carbonyl (C=O) groups excluding carboxylic acids is 1. The number of nitrogens with zero attached hydrogens (tertiary/aromatic N) is 1. The van der Waals surface area contributed by atoms with Crippen molar-refractivity contribution in [3.63, 3.8) is 0 Å². The van der Waals surface area contributed by atoms with Crippen molar-refractivity contribution in [2.45, 2.75) is 6.42 Å². The Balaban J connectivity index is 2.14. The topological polar surface area (TPSA) is 69.4 Å². The van der Waals surface area contributed by atoms with E-state index in [1.807, 2.05) is 6.07 Å². The van der Waals surface area contributed by atoms with E-state index < -0.39 is 4.92 Å². The molecule has 0 N–H and O–H groups in total. The lowest BCUT2D eigenvalue weighted by Gasteiger charge is -2.05. The van der Waals surface area contributed by atoms with Crippen molar-refractivity contribution in [1.82, 2.24) is 0 Å². The van der Waals surface area contributed by atoms with Gasteiger partial charge in [0.05, 0.1) is 17.6 Å². The number of benzene rings is 2. The van der Waals surface area contributed by atoms with Crippen molar-refractivity contribution >= 4 is 11.7 Å². The third-order valence-electron chi connectivity index (χ3n) is 3.54. The molecule has 0 aliphatic heterocycles. The molecule has 0 spiro atoms. The Morgan fingerprint density at radius 1 is 1.25 bits per heavy atom. The van der Waals surface area contributed by atoms with Crippen LogP contribution < -0.4 is 0 Å². The van der Waals surface area contributed by atoms with Gasteiger partial charge in [0, 0.05) is 12.1 Å². The molecule has 1 aliphatic carbocycles. The summed E-state index contributed by atoms with van der Waals surface area (Å²) in [5, 5.41) is 10.8. The third-order valence-corrected chi connectivity index (χ3v) is 3.54. The highest BCUT2D eigenvalue weighted by molar-refractivity contribution is 5.95. The highest BCUT2D eigenvalue weighted by atomic mass is 16.6. The van der Waals surface area contributed by atoms with Gasteiger partial charge in [-0.1, -0.05) is 12.1 Å². The molecule has 0 fully saturated rings. The summed E-state index contributed by atoms with van der Waals surface area (Å²) in [4.78, 5) is 22.2. The molecule has 5 heteroatoms. The van der Waals surface area contributed by atoms with Crippen molar-refractivity contribution in [3.8, 4) is 11.1 Å². The summed E-state index contributed by atoms with van der Waals surface area (Å²) >= 11 is 0. The van der Waals surface area contributed by atoms with Gasteiger partial charge in [0.15, 0.2) is 0 Å². The largest absolute Gasteiger partial charge is 0.465 e. The highest BCUT2D eigenvalue weighted by Gasteiger charge is 2.25. The number of non-ortho nitro benzene ring substituents is 1. The fraction of sp³-hybridized carbons (Fsp3) is 0.133. The molecule has 0 radical (unpaired) electrons. The van der Waals surface area contributed by atoms with E-state index in [1.165, 1.54) is 13.2 Å². The molecule has 0 unspecified atom stereocenters. The molecule has 0 aromatic heterocycles. The second-order valence-electron chi connectivity index (χ2n) is 4.60. The molecule has 3 rings (SSSR count). The van der Waals surface area contributed by atoms with E-state index >= 15 is 0 Å². The van der Waals surface area contributed by atoms with Gasteiger partial charge in [-0.15, -0.1) is 0 Å². The molecule has 2 aromatic rings. The minimum Gasteiger partial charge on any atom is -0.465 e. The Bertz CT molecular complexity index is 737. The number of hydrogen-bond acceptors (Lipinski definition) is 4. The predicted molar refractivity (Wildman–Crippen MR) is 72.7 cm³/mol. The van der Waals surface area contributed by atoms with E-state index in [1.54, 1.807) is 24.3 Å². The van der Waals surface area contributed by atoms with Crippen LogP contribution in [0.4, 0.5) is 5.69 Å². The first-order chi connectivity index (χ1) is 9.61. The molecule has 0 atom stereocenters. The SMILES string of the molecule is COC(=O)c1cccc2c1Cc1cc([N+](=O)[O-])ccc1-2. The van der Waals surface area contributed by atoms with Gasteiger partial charge in [0.1, 0.15) is 0 Å². The number of methoxy groups -OCH3 is 1. The van der Waals surface area contributed by atoms with Crippen LogP contribution in [0.2, 0.25) is 0 Å². The number of nitro groups is 1. The van der Waals surface area contributed by atoms with Gasteiger partial charge in [-0.3, -0.25) is 10.1 Å². The van der Waals surface area contributed by atoms with Crippen LogP contribution in [0.15, 0.2) is 36.4 Å². The van der Waals surface area contributed by atoms with E-state index in [0.717, 1.165) is 22.3 Å². The summed E-state index contributed by atoms with van der Waals surface area (Å²) in [7, 11) is 1.34. The van der Waals surface area contributed by atoms with E-state index in [4.69, 9.17) is 4.74 Å². The first kappa shape index (κ1) is 12.3. The zero-order chi connectivity index (χ0) is 14.3. The number of nitro benzene ring substituents is 1. The normalized spacial score (nSPS) is 11.7. The summed E-state index contributed by atoms with van der Waals surface area (Å²) in [5.41, 5.74) is 4.20. The first-order valence-electron chi connectivity index (χ1n) is 6.09. The molecule has 0 heterocycles. The van der Waals surface area contributed by atoms with Gasteiger partial charge in [-0.05, 0) is 40.8 Å². The molecular formula is C15H11NO4. The minimum absolute atomic E-state index is 0.0659. The molecule has 1 aliphatic rings. The molecule has 0 amide bonds. The van der Waals surface area contributed by atoms with Crippen LogP contribution in [-0.2, 0) is 11.2 Å². The molecule has 20 heavy (non-hydrogen) atoms. The summed E-state index contributed by atoms with van der Waals surface area (Å²) in [5.74, 6) is -0.385. The van der Waals surface area contributed by atoms with E-state index in [-0.39, 0.29) is 11.7 Å². The summed E-state index contributed by atoms with van der Waals surface area (Å²) in [6.45, 7) is 0. The van der Waals surface area contributed by atoms with Crippen molar-refractivity contribution in [2.24, 2.45) is 0 Å². The van der Waals surface area contributed by atoms with Crippen LogP contribution in [0.25, 0.3) is 11.1 Å². The monoisotopic (exact) mass is 269 g/mol. The second-order valence-corrected chi connectivity index (χ2v) is 4.60. The summed E-state index contributed by atoms with van der Waals surface area (Å²) in [6, 6.07) is 10.2. The van der Waals surface area contributed by atoms with Crippen molar-refractivity contribution in [3.05, 3.63) is 63.2 Å². The second kappa shape index (κ2) is 4.45. The zero-order valence-electron chi connectivity index (χ0n) is 10.8. The standard InChI is InChI=1S/C15H11NO4/c1-20-15(17)13-4-2-3-12-11-6-5-10(16(18)19)7-9(11)8-14(12)13/h2-7H,8H2,1H3. The molecular weight excluding hydrogens is 258 g/mol. The Kier molecular flexibility index (Phi) is 2.75. The summed E-state index contributed by atoms with van der Waals surface area (Å²) in [6.07, 6.45) is 0.512. The Hall–Kier alpha value is -2.69. The number of rotatable bonds is 2. The van der Waals surface area contributed by atoms with Crippen LogP contribution in [0.1, 0.15) is 21.5 Å². The minimum atomic E-state index is -0.412. The molecule has 0 saturated heterocycles. The predicted octanol–water partition coefficient (Wildman–Crippen LogP) is 2.95. The molecule has 0 bridgehead atoms. The molecule has 5 nitrogen and oxygen atoms in total. The van der Waals surface area contributed by atoms with Crippen molar-refractivity contribution in [1.29, 1.82) is 0 Å². The van der Waals surface area contributed by atoms with Crippen molar-refractivity contribution < 1.29 is 14.5 Å². The molecule has 0 saturated carbocycles. The quantitative estimate of drug-likeness (QED) is 0.407. The average Bonchev–Trinajstić information content (AvgIpc) is 2.83. The van der Waals surface area contributed by atoms with Gasteiger partial charge >= 0.3 is 5.97 Å². The Morgan fingerprint density at radius 3 is 2.75 bits per heavy atom. The fourth-order valence-corrected chi connectivity index (χ4v) is 2.62. The van der Waals surface area contributed by atoms with Gasteiger partial charge < -0.3 is 4.74 Å². The average molecular weight is 269 g/mol. The number of esters is 1. The molecule has 100 valence electrons. The highest BCUT2D eigenvalue weighted by Crippen LogP contribution is 2.39. The van der Waals surface area contributed by atoms with Gasteiger partial charge in [0.2, 0.25) is 0 Å². The lowest BCUT2D eigenvalue weighted by molar-refractivity contribution is -0.384. The number of hydrogen-bond donors (Lipinski definition) is 0. The van der Waals surface area contributed by atoms with Crippen LogP contribution in [0.3, 0.4) is 0 Å². The number of ether oxygens (including phenoxy) is 1. The Labute approximate surface area is 115 Å². The first-order valence-corrected chi connectivity index (χ1v) is 6.09. The maximum atomic E-state index is 11.8. The van der Waals surface area contributed by atoms with Crippen molar-refractivity contribution in [2.75, 3.05) is 7.11 Å². The lowest BCUT2D eigenvalue weighted by Crippen LogP contribution is -2.04. The van der Waals surface area contributed by atoms with Gasteiger partial charge in [-0.2, -0.15) is 0 Å². The fourth-order valence-electron chi connectivity index (χ4n) is 2.62. The molecule has 2 aromatic carbocycles. The zero-order valence-corrected chi connectivity index (χ0v) is 10.8. The smallest absolute Gasteiger partial charge is 0.338 e. The summed E-state index contributed by atoms with van der Waals surface area (Å²) < 4.78 is 4.78. The maximum absolute atomic E-state index is 11.8. The van der Waals surface area contributed by atoms with Crippen LogP contribution in [-0.4, -0.2) is 18.0 Å². The van der Waals surface area contributed by atoms with Gasteiger partial charge in [0.25, 0.3) is 5.69 Å². The maximum Gasteiger partial charge on any atom is 0.338 e. The van der Waals surface area contributed by atoms with E-state index in [0.29, 0.717) is 12.0 Å². The van der Waals surface area contributed by atoms with Crippen LogP contribution in [0, 0.1) is 10.1 Å². The van der Waals surface area contributed by atoms with Gasteiger partial charge in [-0.25, -0.2) is 4.79 Å².